The second-order valence-electron chi connectivity index (χ2n) is 12.5. The van der Waals surface area contributed by atoms with E-state index in [0.29, 0.717) is 56.6 Å². The number of ether oxygens (including phenoxy) is 1. The number of Topliss-reactive ketones (excluding diaryl/α,β-unsaturated/α-hetero) is 2. The zero-order valence-corrected chi connectivity index (χ0v) is 26.6. The number of alkyl halides is 4. The summed E-state index contributed by atoms with van der Waals surface area (Å²) in [4.78, 5) is 47.0. The highest BCUT2D eigenvalue weighted by Crippen LogP contribution is 2.28. The van der Waals surface area contributed by atoms with Crippen LogP contribution < -0.4 is 4.74 Å². The lowest BCUT2D eigenvalue weighted by atomic mass is 9.88. The predicted molar refractivity (Wildman–Crippen MR) is 171 cm³/mol. The maximum absolute atomic E-state index is 15.1. The van der Waals surface area contributed by atoms with Crippen LogP contribution in [0.25, 0.3) is 5.69 Å². The average molecular weight is 678 g/mol. The lowest BCUT2D eigenvalue weighted by Gasteiger charge is -2.34. The molecule has 4 aromatic rings. The molecule has 256 valence electrons. The Morgan fingerprint density at radius 1 is 0.878 bits per heavy atom. The number of aromatic nitrogens is 3. The fourth-order valence-corrected chi connectivity index (χ4v) is 6.43. The second kappa shape index (κ2) is 14.7. The topological polar surface area (TPSA) is 97.6 Å². The Kier molecular flexibility index (Phi) is 10.2. The summed E-state index contributed by atoms with van der Waals surface area (Å²) in [6, 6.07) is 17.7. The van der Waals surface area contributed by atoms with Gasteiger partial charge in [0.2, 0.25) is 0 Å². The molecule has 0 aliphatic carbocycles. The molecule has 13 heteroatoms. The van der Waals surface area contributed by atoms with Crippen LogP contribution in [-0.2, 0) is 6.54 Å². The first-order valence-electron chi connectivity index (χ1n) is 16.2. The fourth-order valence-electron chi connectivity index (χ4n) is 6.43. The third-order valence-electron chi connectivity index (χ3n) is 9.15. The fraction of sp³-hybridized carbons (Fsp3) is 0.361. The van der Waals surface area contributed by atoms with Crippen molar-refractivity contribution in [1.29, 1.82) is 0 Å². The van der Waals surface area contributed by atoms with Crippen LogP contribution in [0.2, 0.25) is 0 Å². The van der Waals surface area contributed by atoms with Crippen LogP contribution >= 0.6 is 0 Å². The van der Waals surface area contributed by atoms with Crippen molar-refractivity contribution in [3.63, 3.8) is 0 Å². The van der Waals surface area contributed by atoms with E-state index in [1.165, 1.54) is 36.5 Å². The molecular formula is C36H35F4N5O4. The van der Waals surface area contributed by atoms with Gasteiger partial charge in [-0.2, -0.15) is 5.10 Å². The Morgan fingerprint density at radius 3 is 2.20 bits per heavy atom. The van der Waals surface area contributed by atoms with E-state index in [9.17, 15) is 27.6 Å². The zero-order valence-electron chi connectivity index (χ0n) is 26.6. The molecule has 0 N–H and O–H groups in total. The van der Waals surface area contributed by atoms with E-state index in [4.69, 9.17) is 0 Å². The summed E-state index contributed by atoms with van der Waals surface area (Å²) >= 11 is 0. The molecule has 2 fully saturated rings. The highest BCUT2D eigenvalue weighted by Gasteiger charge is 2.33. The molecule has 0 radical (unpaired) electrons. The average Bonchev–Trinajstić information content (AvgIpc) is 3.65. The predicted octanol–water partition coefficient (Wildman–Crippen LogP) is 6.33. The van der Waals surface area contributed by atoms with Gasteiger partial charge in [-0.1, -0.05) is 12.1 Å². The first-order chi connectivity index (χ1) is 23.5. The van der Waals surface area contributed by atoms with E-state index in [1.54, 1.807) is 34.0 Å². The van der Waals surface area contributed by atoms with Gasteiger partial charge in [0.05, 0.1) is 5.69 Å². The van der Waals surface area contributed by atoms with Crippen LogP contribution in [0.5, 0.6) is 5.75 Å². The number of amides is 1. The molecule has 2 aromatic heterocycles. The minimum atomic E-state index is -4.77. The van der Waals surface area contributed by atoms with Crippen molar-refractivity contribution < 1.29 is 36.7 Å². The number of piperidine rings is 2. The van der Waals surface area contributed by atoms with Gasteiger partial charge in [0.25, 0.3) is 5.91 Å². The van der Waals surface area contributed by atoms with Gasteiger partial charge in [0, 0.05) is 68.2 Å². The number of hydrogen-bond acceptors (Lipinski definition) is 7. The third kappa shape index (κ3) is 8.58. The Hall–Kier alpha value is -4.91. The van der Waals surface area contributed by atoms with Crippen LogP contribution in [0.1, 0.15) is 62.5 Å². The monoisotopic (exact) mass is 677 g/mol. The van der Waals surface area contributed by atoms with Crippen molar-refractivity contribution in [3.05, 3.63) is 108 Å². The molecule has 6 rings (SSSR count). The summed E-state index contributed by atoms with van der Waals surface area (Å²) in [5.74, 6) is -1.47. The molecule has 2 aliphatic heterocycles. The lowest BCUT2D eigenvalue weighted by molar-refractivity contribution is -0.274. The van der Waals surface area contributed by atoms with Crippen molar-refractivity contribution in [2.75, 3.05) is 26.2 Å². The largest absolute Gasteiger partial charge is 0.573 e. The first kappa shape index (κ1) is 34.0. The molecule has 49 heavy (non-hydrogen) atoms. The minimum Gasteiger partial charge on any atom is -0.406 e. The Labute approximate surface area is 280 Å². The number of pyridine rings is 1. The minimum absolute atomic E-state index is 0.000961. The van der Waals surface area contributed by atoms with Crippen LogP contribution in [0, 0.1) is 11.8 Å². The molecule has 2 atom stereocenters. The molecular weight excluding hydrogens is 642 g/mol. The van der Waals surface area contributed by atoms with E-state index in [-0.39, 0.29) is 47.8 Å². The van der Waals surface area contributed by atoms with Crippen LogP contribution in [0.15, 0.2) is 85.3 Å². The van der Waals surface area contributed by atoms with Crippen molar-refractivity contribution in [2.24, 2.45) is 11.8 Å². The number of carbonyl (C=O) groups excluding carboxylic acids is 3. The van der Waals surface area contributed by atoms with Crippen molar-refractivity contribution in [3.8, 4) is 11.4 Å². The lowest BCUT2D eigenvalue weighted by Crippen LogP contribution is -2.42. The molecule has 1 unspecified atom stereocenters. The van der Waals surface area contributed by atoms with Gasteiger partial charge in [-0.15, -0.1) is 13.2 Å². The van der Waals surface area contributed by atoms with E-state index in [0.717, 1.165) is 11.3 Å². The summed E-state index contributed by atoms with van der Waals surface area (Å²) in [5.41, 5.74) is 2.71. The highest BCUT2D eigenvalue weighted by molar-refractivity contribution is 5.99. The van der Waals surface area contributed by atoms with Gasteiger partial charge in [-0.3, -0.25) is 24.3 Å². The SMILES string of the molecule is O=C(CC1CCN(Cc2ccc(OC(F)(F)F)cc2)C[C@H]1F)c1ccc(C(=O)N2CCC(C(=O)c3ccc(-n4cccn4)cc3)CC2)nc1. The van der Waals surface area contributed by atoms with Gasteiger partial charge >= 0.3 is 6.36 Å². The summed E-state index contributed by atoms with van der Waals surface area (Å²) in [7, 11) is 0. The molecule has 2 aromatic carbocycles. The number of halogens is 4. The molecule has 0 bridgehead atoms. The molecule has 9 nitrogen and oxygen atoms in total. The smallest absolute Gasteiger partial charge is 0.406 e. The molecule has 4 heterocycles. The number of nitrogens with zero attached hydrogens (tertiary/aromatic N) is 5. The van der Waals surface area contributed by atoms with Crippen molar-refractivity contribution in [1.82, 2.24) is 24.6 Å². The molecule has 1 amide bonds. The normalized spacial score (nSPS) is 19.1. The quantitative estimate of drug-likeness (QED) is 0.143. The number of benzene rings is 2. The molecule has 0 saturated carbocycles. The van der Waals surface area contributed by atoms with Crippen molar-refractivity contribution in [2.45, 2.75) is 44.8 Å². The van der Waals surface area contributed by atoms with Gasteiger partial charge < -0.3 is 9.64 Å². The molecule has 0 spiro atoms. The zero-order chi connectivity index (χ0) is 34.5. The maximum Gasteiger partial charge on any atom is 0.573 e. The Bertz CT molecular complexity index is 1740. The second-order valence-corrected chi connectivity index (χ2v) is 12.5. The Balaban J connectivity index is 0.948. The van der Waals surface area contributed by atoms with Gasteiger partial charge in [-0.05, 0) is 91.9 Å². The van der Waals surface area contributed by atoms with Crippen LogP contribution in [0.3, 0.4) is 0 Å². The highest BCUT2D eigenvalue weighted by atomic mass is 19.4. The maximum atomic E-state index is 15.1. The van der Waals surface area contributed by atoms with Crippen LogP contribution in [0.4, 0.5) is 17.6 Å². The Morgan fingerprint density at radius 2 is 1.59 bits per heavy atom. The summed E-state index contributed by atoms with van der Waals surface area (Å²) < 4.78 is 57.9. The number of likely N-dealkylation sites (tertiary alicyclic amines) is 2. The summed E-state index contributed by atoms with van der Waals surface area (Å²) in [6.07, 6.45) is 0.369. The van der Waals surface area contributed by atoms with Gasteiger partial charge in [0.15, 0.2) is 11.6 Å². The van der Waals surface area contributed by atoms with E-state index in [2.05, 4.69) is 14.8 Å². The third-order valence-corrected chi connectivity index (χ3v) is 9.15. The number of ketones is 2. The first-order valence-corrected chi connectivity index (χ1v) is 16.2. The van der Waals surface area contributed by atoms with Gasteiger partial charge in [0.1, 0.15) is 17.6 Å². The standard InChI is InChI=1S/C36H35F4N5O4/c37-31-23-43(22-24-2-9-30(10-3-24)49-36(38,39)40)17-12-27(31)20-33(46)28-6-11-32(41-21-28)35(48)44-18-13-26(14-19-44)34(47)25-4-7-29(8-5-25)45-16-1-15-42-45/h1-11,15-16,21,26-27,31H,12-14,17-20,22-23H2/t27?,31-/m1/s1. The van der Waals surface area contributed by atoms with E-state index in [1.807, 2.05) is 29.3 Å². The molecule has 2 saturated heterocycles. The summed E-state index contributed by atoms with van der Waals surface area (Å²) in [5, 5.41) is 4.20. The van der Waals surface area contributed by atoms with Crippen molar-refractivity contribution >= 4 is 17.5 Å². The summed E-state index contributed by atoms with van der Waals surface area (Å²) in [6.45, 7) is 1.83. The molecule has 2 aliphatic rings. The van der Waals surface area contributed by atoms with Crippen LogP contribution in [-0.4, -0.2) is 80.8 Å². The van der Waals surface area contributed by atoms with E-state index >= 15 is 4.39 Å². The number of rotatable bonds is 10. The van der Waals surface area contributed by atoms with Gasteiger partial charge in [-0.25, -0.2) is 9.07 Å². The number of carbonyl (C=O) groups is 3. The number of hydrogen-bond donors (Lipinski definition) is 0. The van der Waals surface area contributed by atoms with E-state index < -0.39 is 18.5 Å².